The minimum atomic E-state index is -4.12. The van der Waals surface area contributed by atoms with E-state index in [0.717, 1.165) is 13.1 Å². The summed E-state index contributed by atoms with van der Waals surface area (Å²) in [6.45, 7) is 1.11. The molecule has 2 rings (SSSR count). The molecule has 0 amide bonds. The number of hydrogen-bond acceptors (Lipinski definition) is 5. The van der Waals surface area contributed by atoms with E-state index in [2.05, 4.69) is 4.36 Å². The van der Waals surface area contributed by atoms with Crippen molar-refractivity contribution in [1.29, 1.82) is 0 Å². The molecule has 0 radical (unpaired) electrons. The van der Waals surface area contributed by atoms with Gasteiger partial charge in [0, 0.05) is 21.2 Å². The van der Waals surface area contributed by atoms with Gasteiger partial charge in [-0.2, -0.15) is 0 Å². The first-order valence-electron chi connectivity index (χ1n) is 7.22. The minimum absolute atomic E-state index is 0.104. The predicted octanol–water partition coefficient (Wildman–Crippen LogP) is 4.35. The Morgan fingerprint density at radius 2 is 1.31 bits per heavy atom. The molecule has 0 bridgehead atoms. The molecule has 0 heterocycles. The normalized spacial score (nSPS) is 14.5. The van der Waals surface area contributed by atoms with Crippen LogP contribution in [0, 0.1) is 0 Å². The fourth-order valence-electron chi connectivity index (χ4n) is 1.99. The minimum Gasteiger partial charge on any atom is -0.294 e. The predicted molar refractivity (Wildman–Crippen MR) is 104 cm³/mol. The van der Waals surface area contributed by atoms with E-state index >= 15 is 0 Å². The topological polar surface area (TPSA) is 80.6 Å². The molecule has 0 N–H and O–H groups in total. The first kappa shape index (κ1) is 20.6. The van der Waals surface area contributed by atoms with Crippen molar-refractivity contribution in [2.24, 2.45) is 4.36 Å². The Hall–Kier alpha value is -1.67. The first-order valence-corrected chi connectivity index (χ1v) is 11.4. The summed E-state index contributed by atoms with van der Waals surface area (Å²) in [5.74, 6) is -0.713. The average Bonchev–Trinajstić information content (AvgIpc) is 2.55. The van der Waals surface area contributed by atoms with E-state index in [1.165, 1.54) is 42.7 Å². The summed E-state index contributed by atoms with van der Waals surface area (Å²) < 4.78 is 42.0. The summed E-state index contributed by atoms with van der Waals surface area (Å²) in [4.78, 5) is 11.6. The Kier molecular flexibility index (Phi) is 6.29. The van der Waals surface area contributed by atoms with Crippen LogP contribution < -0.4 is 0 Å². The molecule has 0 saturated carbocycles. The van der Waals surface area contributed by atoms with Gasteiger partial charge in [-0.05, 0) is 55.5 Å². The van der Waals surface area contributed by atoms with Crippen LogP contribution in [-0.2, 0) is 24.4 Å². The van der Waals surface area contributed by atoms with Crippen LogP contribution in [0.2, 0.25) is 10.0 Å². The fourth-order valence-corrected chi connectivity index (χ4v) is 4.69. The third-order valence-electron chi connectivity index (χ3n) is 3.38. The number of halogens is 2. The second kappa shape index (κ2) is 7.92. The molecule has 0 aliphatic carbocycles. The van der Waals surface area contributed by atoms with Crippen molar-refractivity contribution < 1.29 is 17.4 Å². The Bertz CT molecular complexity index is 1080. The number of carbonyl (C=O) groups is 1. The van der Waals surface area contributed by atoms with Gasteiger partial charge < -0.3 is 0 Å². The van der Waals surface area contributed by atoms with Crippen LogP contribution in [0.5, 0.6) is 0 Å². The summed E-state index contributed by atoms with van der Waals surface area (Å²) in [6, 6.07) is 11.5. The van der Waals surface area contributed by atoms with E-state index in [1.54, 1.807) is 12.1 Å². The van der Waals surface area contributed by atoms with E-state index < -0.39 is 30.3 Å². The number of benzene rings is 2. The molecule has 0 aromatic heterocycles. The Morgan fingerprint density at radius 3 is 1.73 bits per heavy atom. The molecule has 138 valence electrons. The third kappa shape index (κ3) is 4.73. The molecule has 2 aromatic rings. The van der Waals surface area contributed by atoms with Gasteiger partial charge in [0.05, 0.1) is 20.8 Å². The molecular weight excluding hydrogens is 417 g/mol. The summed E-state index contributed by atoms with van der Waals surface area (Å²) in [5.41, 5.74) is 0. The van der Waals surface area contributed by atoms with Crippen LogP contribution in [-0.4, -0.2) is 24.7 Å². The maximum Gasteiger partial charge on any atom is 0.211 e. The molecule has 0 fully saturated rings. The number of allylic oxidation sites excluding steroid dienone is 1. The standard InChI is InChI=1S/C17H15Cl2NO4S2/c1-12(21)17(26(23,24)16-9-5-14(19)6-10-16)11-20-25(2,22)15-7-3-13(18)4-8-15/h3-11H,1-2H3/b17-11+/t25-/m0/s1. The van der Waals surface area contributed by atoms with Gasteiger partial charge >= 0.3 is 0 Å². The number of sulfone groups is 1. The zero-order valence-corrected chi connectivity index (χ0v) is 17.0. The van der Waals surface area contributed by atoms with Gasteiger partial charge in [0.1, 0.15) is 4.91 Å². The number of carbonyl (C=O) groups excluding carboxylic acids is 1. The molecule has 0 aliphatic heterocycles. The summed E-state index contributed by atoms with van der Waals surface area (Å²) in [5, 5.41) is 0.829. The van der Waals surface area contributed by atoms with Gasteiger partial charge in [-0.3, -0.25) is 4.79 Å². The monoisotopic (exact) mass is 431 g/mol. The lowest BCUT2D eigenvalue weighted by atomic mass is 10.4. The van der Waals surface area contributed by atoms with E-state index in [9.17, 15) is 17.4 Å². The number of Topliss-reactive ketones (excluding diaryl/α,β-unsaturated/α-hetero) is 1. The number of hydrogen-bond donors (Lipinski definition) is 0. The van der Waals surface area contributed by atoms with Gasteiger partial charge in [-0.15, -0.1) is 0 Å². The Labute approximate surface area is 162 Å². The lowest BCUT2D eigenvalue weighted by molar-refractivity contribution is -0.113. The molecule has 26 heavy (non-hydrogen) atoms. The summed E-state index contributed by atoms with van der Waals surface area (Å²) in [7, 11) is -7.07. The number of nitrogens with zero attached hydrogens (tertiary/aromatic N) is 1. The lowest BCUT2D eigenvalue weighted by Gasteiger charge is -2.07. The van der Waals surface area contributed by atoms with Crippen molar-refractivity contribution in [2.45, 2.75) is 16.7 Å². The molecule has 0 unspecified atom stereocenters. The fraction of sp³-hybridized carbons (Fsp3) is 0.118. The first-order chi connectivity index (χ1) is 12.0. The van der Waals surface area contributed by atoms with Gasteiger partial charge in [0.15, 0.2) is 5.78 Å². The van der Waals surface area contributed by atoms with Crippen LogP contribution in [0.25, 0.3) is 0 Å². The van der Waals surface area contributed by atoms with Gasteiger partial charge in [0.2, 0.25) is 9.84 Å². The molecule has 1 atom stereocenters. The van der Waals surface area contributed by atoms with Crippen molar-refractivity contribution >= 4 is 48.6 Å². The number of rotatable bonds is 5. The van der Waals surface area contributed by atoms with E-state index in [4.69, 9.17) is 23.2 Å². The van der Waals surface area contributed by atoms with Crippen molar-refractivity contribution in [2.75, 3.05) is 6.26 Å². The van der Waals surface area contributed by atoms with Crippen molar-refractivity contribution in [1.82, 2.24) is 0 Å². The SMILES string of the molecule is CC(=O)/C(=C\N=[S@@](C)(=O)c1ccc(Cl)cc1)S(=O)(=O)c1ccc(Cl)cc1. The van der Waals surface area contributed by atoms with E-state index in [-0.39, 0.29) is 4.90 Å². The van der Waals surface area contributed by atoms with Gasteiger partial charge in [-0.25, -0.2) is 17.0 Å². The summed E-state index contributed by atoms with van der Waals surface area (Å²) in [6.07, 6.45) is 2.20. The largest absolute Gasteiger partial charge is 0.294 e. The van der Waals surface area contributed by atoms with Crippen LogP contribution in [0.3, 0.4) is 0 Å². The summed E-state index contributed by atoms with van der Waals surface area (Å²) >= 11 is 11.6. The van der Waals surface area contributed by atoms with Crippen LogP contribution in [0.4, 0.5) is 0 Å². The highest BCUT2D eigenvalue weighted by Gasteiger charge is 2.24. The van der Waals surface area contributed by atoms with E-state index in [0.29, 0.717) is 14.9 Å². The van der Waals surface area contributed by atoms with Crippen LogP contribution >= 0.6 is 23.2 Å². The third-order valence-corrected chi connectivity index (χ3v) is 7.41. The zero-order valence-electron chi connectivity index (χ0n) is 13.8. The van der Waals surface area contributed by atoms with Gasteiger partial charge in [-0.1, -0.05) is 23.2 Å². The highest BCUT2D eigenvalue weighted by Crippen LogP contribution is 2.23. The quantitative estimate of drug-likeness (QED) is 0.658. The molecule has 2 aromatic carbocycles. The molecule has 5 nitrogen and oxygen atoms in total. The van der Waals surface area contributed by atoms with Crippen LogP contribution in [0.15, 0.2) is 73.8 Å². The van der Waals surface area contributed by atoms with Gasteiger partial charge in [0.25, 0.3) is 0 Å². The highest BCUT2D eigenvalue weighted by molar-refractivity contribution is 7.96. The molecule has 0 spiro atoms. The van der Waals surface area contributed by atoms with Crippen molar-refractivity contribution in [3.05, 3.63) is 69.7 Å². The second-order valence-electron chi connectivity index (χ2n) is 5.37. The van der Waals surface area contributed by atoms with E-state index in [1.807, 2.05) is 0 Å². The molecular formula is C17H15Cl2NO4S2. The smallest absolute Gasteiger partial charge is 0.211 e. The second-order valence-corrected chi connectivity index (χ2v) is 10.4. The lowest BCUT2D eigenvalue weighted by Crippen LogP contribution is -2.11. The maximum absolute atomic E-state index is 12.8. The Balaban J connectivity index is 2.56. The van der Waals surface area contributed by atoms with Crippen molar-refractivity contribution in [3.63, 3.8) is 0 Å². The Morgan fingerprint density at radius 1 is 0.885 bits per heavy atom. The molecule has 0 aliphatic rings. The molecule has 9 heteroatoms. The highest BCUT2D eigenvalue weighted by atomic mass is 35.5. The average molecular weight is 432 g/mol. The van der Waals surface area contributed by atoms with Crippen molar-refractivity contribution in [3.8, 4) is 0 Å². The molecule has 0 saturated heterocycles. The number of ketones is 1. The zero-order chi connectivity index (χ0) is 19.5. The van der Waals surface area contributed by atoms with Crippen LogP contribution in [0.1, 0.15) is 6.92 Å². The maximum atomic E-state index is 12.8.